The Morgan fingerprint density at radius 2 is 2.17 bits per heavy atom. The second kappa shape index (κ2) is 3.27. The first-order valence-corrected chi connectivity index (χ1v) is 4.70. The number of rotatable bonds is 1. The molecule has 1 heterocycles. The molecule has 0 spiro atoms. The second-order valence-electron chi connectivity index (χ2n) is 2.64. The van der Waals surface area contributed by atoms with E-state index in [1.807, 2.05) is 18.2 Å². The molecule has 62 valence electrons. The minimum Gasteiger partial charge on any atom is -0.368 e. The molecule has 0 aromatic heterocycles. The van der Waals surface area contributed by atoms with Gasteiger partial charge in [0.1, 0.15) is 5.84 Å². The lowest BCUT2D eigenvalue weighted by Gasteiger charge is -2.03. The Labute approximate surface area is 79.8 Å². The van der Waals surface area contributed by atoms with Crippen molar-refractivity contribution in [3.05, 3.63) is 34.3 Å². The normalized spacial score (nSPS) is 15.6. The molecule has 0 aliphatic carbocycles. The van der Waals surface area contributed by atoms with E-state index in [1.54, 1.807) is 0 Å². The van der Waals surface area contributed by atoms with E-state index in [1.165, 1.54) is 0 Å². The summed E-state index contributed by atoms with van der Waals surface area (Å²) in [5.41, 5.74) is 1.15. The lowest BCUT2D eigenvalue weighted by molar-refractivity contribution is 0.960. The highest BCUT2D eigenvalue weighted by molar-refractivity contribution is 9.10. The zero-order valence-electron chi connectivity index (χ0n) is 6.55. The summed E-state index contributed by atoms with van der Waals surface area (Å²) in [6, 6.07) is 8.10. The van der Waals surface area contributed by atoms with Crippen LogP contribution in [0.5, 0.6) is 0 Å². The second-order valence-corrected chi connectivity index (χ2v) is 3.49. The fourth-order valence-electron chi connectivity index (χ4n) is 1.23. The van der Waals surface area contributed by atoms with E-state index in [-0.39, 0.29) is 0 Å². The van der Waals surface area contributed by atoms with E-state index in [0.717, 1.165) is 29.0 Å². The molecule has 0 atom stereocenters. The summed E-state index contributed by atoms with van der Waals surface area (Å²) >= 11 is 3.49. The number of amidine groups is 1. The van der Waals surface area contributed by atoms with Crippen molar-refractivity contribution in [2.75, 3.05) is 13.1 Å². The molecule has 1 aliphatic rings. The van der Waals surface area contributed by atoms with Gasteiger partial charge in [-0.05, 0) is 6.07 Å². The van der Waals surface area contributed by atoms with E-state index in [0.29, 0.717) is 0 Å². The number of nitrogens with one attached hydrogen (secondary N) is 1. The fraction of sp³-hybridized carbons (Fsp3) is 0.222. The summed E-state index contributed by atoms with van der Waals surface area (Å²) in [4.78, 5) is 4.34. The van der Waals surface area contributed by atoms with Gasteiger partial charge in [-0.25, -0.2) is 0 Å². The lowest BCUT2D eigenvalue weighted by atomic mass is 10.2. The van der Waals surface area contributed by atoms with Gasteiger partial charge in [-0.15, -0.1) is 0 Å². The van der Waals surface area contributed by atoms with Crippen LogP contribution in [0.15, 0.2) is 33.7 Å². The molecule has 2 nitrogen and oxygen atoms in total. The molecule has 1 aliphatic heterocycles. The predicted molar refractivity (Wildman–Crippen MR) is 53.5 cm³/mol. The minimum atomic E-state index is 0.886. The van der Waals surface area contributed by atoms with Gasteiger partial charge in [0.25, 0.3) is 0 Å². The van der Waals surface area contributed by atoms with Gasteiger partial charge in [0.15, 0.2) is 0 Å². The Kier molecular flexibility index (Phi) is 2.13. The van der Waals surface area contributed by atoms with Gasteiger partial charge in [-0.1, -0.05) is 34.1 Å². The molecular formula is C9H9BrN2. The van der Waals surface area contributed by atoms with Gasteiger partial charge in [-0.3, -0.25) is 4.99 Å². The molecule has 0 radical (unpaired) electrons. The summed E-state index contributed by atoms with van der Waals surface area (Å²) < 4.78 is 1.10. The molecule has 0 saturated heterocycles. The van der Waals surface area contributed by atoms with Crippen LogP contribution in [0.4, 0.5) is 0 Å². The smallest absolute Gasteiger partial charge is 0.129 e. The van der Waals surface area contributed by atoms with Gasteiger partial charge >= 0.3 is 0 Å². The molecule has 0 bridgehead atoms. The first-order chi connectivity index (χ1) is 5.88. The lowest BCUT2D eigenvalue weighted by Crippen LogP contribution is -2.19. The van der Waals surface area contributed by atoms with Crippen molar-refractivity contribution in [3.8, 4) is 0 Å². The van der Waals surface area contributed by atoms with Crippen LogP contribution >= 0.6 is 15.9 Å². The standard InChI is InChI=1S/C9H9BrN2/c10-8-4-2-1-3-7(8)9-11-5-6-12-9/h1-4H,5-6H2,(H,11,12). The highest BCUT2D eigenvalue weighted by atomic mass is 79.9. The first kappa shape index (κ1) is 7.80. The van der Waals surface area contributed by atoms with Gasteiger partial charge in [-0.2, -0.15) is 0 Å². The van der Waals surface area contributed by atoms with Crippen LogP contribution in [0.25, 0.3) is 0 Å². The van der Waals surface area contributed by atoms with Crippen LogP contribution in [0, 0.1) is 0 Å². The predicted octanol–water partition coefficient (Wildman–Crippen LogP) is 1.80. The van der Waals surface area contributed by atoms with Crippen LogP contribution < -0.4 is 5.32 Å². The summed E-state index contributed by atoms with van der Waals surface area (Å²) in [5, 5.41) is 3.23. The molecule has 0 amide bonds. The number of benzene rings is 1. The molecule has 1 aromatic rings. The topological polar surface area (TPSA) is 24.4 Å². The molecule has 2 rings (SSSR count). The third-order valence-electron chi connectivity index (χ3n) is 1.80. The molecule has 12 heavy (non-hydrogen) atoms. The molecule has 0 saturated carbocycles. The maximum atomic E-state index is 4.34. The summed E-state index contributed by atoms with van der Waals surface area (Å²) in [5.74, 6) is 1.00. The number of hydrogen-bond donors (Lipinski definition) is 1. The van der Waals surface area contributed by atoms with Crippen LogP contribution in [0.2, 0.25) is 0 Å². The Morgan fingerprint density at radius 3 is 2.83 bits per heavy atom. The Morgan fingerprint density at radius 1 is 1.33 bits per heavy atom. The number of aliphatic imine (C=N–C) groups is 1. The Balaban J connectivity index is 2.39. The van der Waals surface area contributed by atoms with E-state index >= 15 is 0 Å². The van der Waals surface area contributed by atoms with Crippen molar-refractivity contribution in [3.63, 3.8) is 0 Å². The number of nitrogens with zero attached hydrogens (tertiary/aromatic N) is 1. The Hall–Kier alpha value is -0.830. The number of hydrogen-bond acceptors (Lipinski definition) is 2. The molecule has 0 fully saturated rings. The van der Waals surface area contributed by atoms with E-state index in [2.05, 4.69) is 32.3 Å². The fourth-order valence-corrected chi connectivity index (χ4v) is 1.70. The minimum absolute atomic E-state index is 0.886. The third-order valence-corrected chi connectivity index (χ3v) is 2.49. The molecular weight excluding hydrogens is 216 g/mol. The first-order valence-electron chi connectivity index (χ1n) is 3.91. The van der Waals surface area contributed by atoms with Gasteiger partial charge in [0.2, 0.25) is 0 Å². The maximum absolute atomic E-state index is 4.34. The highest BCUT2D eigenvalue weighted by Gasteiger charge is 2.09. The van der Waals surface area contributed by atoms with Crippen molar-refractivity contribution in [2.24, 2.45) is 4.99 Å². The third kappa shape index (κ3) is 1.37. The molecule has 0 unspecified atom stereocenters. The quantitative estimate of drug-likeness (QED) is 0.774. The average Bonchev–Trinajstić information content (AvgIpc) is 2.57. The van der Waals surface area contributed by atoms with Crippen molar-refractivity contribution < 1.29 is 0 Å². The maximum Gasteiger partial charge on any atom is 0.129 e. The molecule has 1 aromatic carbocycles. The zero-order valence-corrected chi connectivity index (χ0v) is 8.13. The van der Waals surface area contributed by atoms with Crippen LogP contribution in [-0.4, -0.2) is 18.9 Å². The summed E-state index contributed by atoms with van der Waals surface area (Å²) in [7, 11) is 0. The van der Waals surface area contributed by atoms with Crippen molar-refractivity contribution in [2.45, 2.75) is 0 Å². The van der Waals surface area contributed by atoms with E-state index in [9.17, 15) is 0 Å². The van der Waals surface area contributed by atoms with Gasteiger partial charge < -0.3 is 5.32 Å². The van der Waals surface area contributed by atoms with Crippen LogP contribution in [-0.2, 0) is 0 Å². The summed E-state index contributed by atoms with van der Waals surface area (Å²) in [6.07, 6.45) is 0. The van der Waals surface area contributed by atoms with Gasteiger partial charge in [0.05, 0.1) is 6.54 Å². The van der Waals surface area contributed by atoms with Crippen molar-refractivity contribution in [1.29, 1.82) is 0 Å². The molecule has 1 N–H and O–H groups in total. The molecule has 3 heteroatoms. The van der Waals surface area contributed by atoms with Crippen molar-refractivity contribution in [1.82, 2.24) is 5.32 Å². The SMILES string of the molecule is Brc1ccccc1C1=NCCN1. The zero-order chi connectivity index (χ0) is 8.39. The highest BCUT2D eigenvalue weighted by Crippen LogP contribution is 2.16. The summed E-state index contributed by atoms with van der Waals surface area (Å²) in [6.45, 7) is 1.84. The monoisotopic (exact) mass is 224 g/mol. The number of halogens is 1. The van der Waals surface area contributed by atoms with E-state index < -0.39 is 0 Å². The van der Waals surface area contributed by atoms with Crippen LogP contribution in [0.3, 0.4) is 0 Å². The van der Waals surface area contributed by atoms with Crippen molar-refractivity contribution >= 4 is 21.8 Å². The largest absolute Gasteiger partial charge is 0.368 e. The van der Waals surface area contributed by atoms with Crippen LogP contribution in [0.1, 0.15) is 5.56 Å². The van der Waals surface area contributed by atoms with Gasteiger partial charge in [0, 0.05) is 16.6 Å². The Bertz CT molecular complexity index is 320. The van der Waals surface area contributed by atoms with E-state index in [4.69, 9.17) is 0 Å². The average molecular weight is 225 g/mol.